The predicted octanol–water partition coefficient (Wildman–Crippen LogP) is 3.80. The second-order valence-electron chi connectivity index (χ2n) is 6.73. The normalized spacial score (nSPS) is 12.9. The molecular formula is C22H21N3O3. The molecule has 1 aliphatic rings. The third-order valence-electron chi connectivity index (χ3n) is 4.79. The number of carbonyl (C=O) groups is 2. The summed E-state index contributed by atoms with van der Waals surface area (Å²) in [5.41, 5.74) is 4.07. The van der Waals surface area contributed by atoms with Crippen LogP contribution in [0.4, 0.5) is 10.5 Å². The Labute approximate surface area is 163 Å². The topological polar surface area (TPSA) is 74.6 Å². The van der Waals surface area contributed by atoms with Gasteiger partial charge in [0.15, 0.2) is 5.76 Å². The molecule has 3 amide bonds. The summed E-state index contributed by atoms with van der Waals surface area (Å²) in [6, 6.07) is 18.8. The van der Waals surface area contributed by atoms with E-state index < -0.39 is 0 Å². The van der Waals surface area contributed by atoms with Crippen LogP contribution in [0, 0.1) is 0 Å². The smallest absolute Gasteiger partial charge is 0.317 e. The standard InChI is InChI=1S/C22H21N3O3/c26-21(20-9-4-12-28-20)24-19-8-3-5-16(13-19)14-23-22(27)25-11-10-17-6-1-2-7-18(17)15-25/h1-9,12-13H,10-11,14-15H2,(H,23,27)(H,24,26). The average molecular weight is 375 g/mol. The zero-order chi connectivity index (χ0) is 19.3. The van der Waals surface area contributed by atoms with Crippen molar-refractivity contribution >= 4 is 17.6 Å². The van der Waals surface area contributed by atoms with Crippen LogP contribution >= 0.6 is 0 Å². The Kier molecular flexibility index (Phi) is 5.10. The van der Waals surface area contributed by atoms with Gasteiger partial charge >= 0.3 is 6.03 Å². The Morgan fingerprint density at radius 2 is 1.86 bits per heavy atom. The van der Waals surface area contributed by atoms with Crippen LogP contribution in [0.2, 0.25) is 0 Å². The van der Waals surface area contributed by atoms with Gasteiger partial charge in [0, 0.05) is 25.3 Å². The number of carbonyl (C=O) groups excluding carboxylic acids is 2. The molecule has 4 rings (SSSR count). The van der Waals surface area contributed by atoms with E-state index in [1.165, 1.54) is 17.4 Å². The molecule has 0 radical (unpaired) electrons. The van der Waals surface area contributed by atoms with Crippen LogP contribution in [0.1, 0.15) is 27.2 Å². The van der Waals surface area contributed by atoms with Crippen molar-refractivity contribution in [2.75, 3.05) is 11.9 Å². The van der Waals surface area contributed by atoms with E-state index in [2.05, 4.69) is 22.8 Å². The first-order valence-electron chi connectivity index (χ1n) is 9.22. The van der Waals surface area contributed by atoms with Crippen molar-refractivity contribution in [2.24, 2.45) is 0 Å². The van der Waals surface area contributed by atoms with E-state index >= 15 is 0 Å². The molecule has 0 aliphatic carbocycles. The fraction of sp³-hybridized carbons (Fsp3) is 0.182. The van der Waals surface area contributed by atoms with E-state index in [0.29, 0.717) is 25.3 Å². The Hall–Kier alpha value is -3.54. The van der Waals surface area contributed by atoms with Crippen LogP contribution < -0.4 is 10.6 Å². The van der Waals surface area contributed by atoms with Gasteiger partial charge in [-0.25, -0.2) is 4.79 Å². The summed E-state index contributed by atoms with van der Waals surface area (Å²) in [7, 11) is 0. The molecule has 0 spiro atoms. The van der Waals surface area contributed by atoms with Crippen LogP contribution in [0.25, 0.3) is 0 Å². The summed E-state index contributed by atoms with van der Waals surface area (Å²) >= 11 is 0. The van der Waals surface area contributed by atoms with Gasteiger partial charge in [0.05, 0.1) is 6.26 Å². The molecular weight excluding hydrogens is 354 g/mol. The number of furan rings is 1. The summed E-state index contributed by atoms with van der Waals surface area (Å²) in [6.07, 6.45) is 2.33. The van der Waals surface area contributed by atoms with Crippen LogP contribution in [-0.2, 0) is 19.5 Å². The monoisotopic (exact) mass is 375 g/mol. The minimum Gasteiger partial charge on any atom is -0.459 e. The largest absolute Gasteiger partial charge is 0.459 e. The molecule has 2 N–H and O–H groups in total. The quantitative estimate of drug-likeness (QED) is 0.728. The van der Waals surface area contributed by atoms with E-state index in [9.17, 15) is 9.59 Å². The van der Waals surface area contributed by atoms with Crippen molar-refractivity contribution < 1.29 is 14.0 Å². The lowest BCUT2D eigenvalue weighted by Crippen LogP contribution is -2.42. The maximum Gasteiger partial charge on any atom is 0.317 e. The summed E-state index contributed by atoms with van der Waals surface area (Å²) < 4.78 is 5.09. The van der Waals surface area contributed by atoms with Gasteiger partial charge in [-0.1, -0.05) is 36.4 Å². The Morgan fingerprint density at radius 1 is 1.00 bits per heavy atom. The molecule has 0 bridgehead atoms. The molecule has 0 saturated heterocycles. The van der Waals surface area contributed by atoms with E-state index in [-0.39, 0.29) is 17.7 Å². The highest BCUT2D eigenvalue weighted by molar-refractivity contribution is 6.02. The van der Waals surface area contributed by atoms with E-state index in [1.807, 2.05) is 35.2 Å². The summed E-state index contributed by atoms with van der Waals surface area (Å²) in [5, 5.41) is 5.75. The highest BCUT2D eigenvalue weighted by Crippen LogP contribution is 2.18. The first kappa shape index (κ1) is 17.9. The molecule has 2 aromatic carbocycles. The lowest BCUT2D eigenvalue weighted by atomic mass is 10.0. The molecule has 0 unspecified atom stereocenters. The Balaban J connectivity index is 1.34. The van der Waals surface area contributed by atoms with Crippen molar-refractivity contribution in [1.29, 1.82) is 0 Å². The summed E-state index contributed by atoms with van der Waals surface area (Å²) in [4.78, 5) is 26.4. The molecule has 6 nitrogen and oxygen atoms in total. The number of benzene rings is 2. The van der Waals surface area contributed by atoms with E-state index in [4.69, 9.17) is 4.42 Å². The molecule has 1 aliphatic heterocycles. The van der Waals surface area contributed by atoms with E-state index in [1.54, 1.807) is 18.2 Å². The molecule has 0 atom stereocenters. The average Bonchev–Trinajstić information content (AvgIpc) is 3.27. The summed E-state index contributed by atoms with van der Waals surface area (Å²) in [6.45, 7) is 1.73. The van der Waals surface area contributed by atoms with Gasteiger partial charge in [0.25, 0.3) is 5.91 Å². The third-order valence-corrected chi connectivity index (χ3v) is 4.79. The fourth-order valence-electron chi connectivity index (χ4n) is 3.32. The van der Waals surface area contributed by atoms with E-state index in [0.717, 1.165) is 12.0 Å². The molecule has 1 aromatic heterocycles. The highest BCUT2D eigenvalue weighted by Gasteiger charge is 2.20. The lowest BCUT2D eigenvalue weighted by Gasteiger charge is -2.29. The molecule has 0 fully saturated rings. The van der Waals surface area contributed by atoms with Crippen LogP contribution in [-0.4, -0.2) is 23.4 Å². The molecule has 6 heteroatoms. The van der Waals surface area contributed by atoms with Gasteiger partial charge < -0.3 is 20.0 Å². The third kappa shape index (κ3) is 4.06. The van der Waals surface area contributed by atoms with Gasteiger partial charge in [-0.05, 0) is 47.4 Å². The van der Waals surface area contributed by atoms with Gasteiger partial charge in [0.1, 0.15) is 0 Å². The maximum atomic E-state index is 12.5. The zero-order valence-electron chi connectivity index (χ0n) is 15.4. The number of rotatable bonds is 4. The van der Waals surface area contributed by atoms with Crippen LogP contribution in [0.5, 0.6) is 0 Å². The number of anilines is 1. The van der Waals surface area contributed by atoms with Gasteiger partial charge in [0.2, 0.25) is 0 Å². The molecule has 2 heterocycles. The summed E-state index contributed by atoms with van der Waals surface area (Å²) in [5.74, 6) is -0.0535. The molecule has 28 heavy (non-hydrogen) atoms. The minimum atomic E-state index is -0.307. The maximum absolute atomic E-state index is 12.5. The van der Waals surface area contributed by atoms with Crippen LogP contribution in [0.3, 0.4) is 0 Å². The highest BCUT2D eigenvalue weighted by atomic mass is 16.3. The molecule has 3 aromatic rings. The first-order valence-corrected chi connectivity index (χ1v) is 9.22. The predicted molar refractivity (Wildman–Crippen MR) is 106 cm³/mol. The number of amides is 3. The van der Waals surface area contributed by atoms with Gasteiger partial charge in [-0.3, -0.25) is 4.79 Å². The second-order valence-corrected chi connectivity index (χ2v) is 6.73. The number of urea groups is 1. The number of fused-ring (bicyclic) bond motifs is 1. The minimum absolute atomic E-state index is 0.0838. The van der Waals surface area contributed by atoms with Gasteiger partial charge in [-0.2, -0.15) is 0 Å². The number of nitrogens with zero attached hydrogens (tertiary/aromatic N) is 1. The van der Waals surface area contributed by atoms with Crippen molar-refractivity contribution in [3.05, 3.63) is 89.4 Å². The van der Waals surface area contributed by atoms with Crippen molar-refractivity contribution in [3.8, 4) is 0 Å². The van der Waals surface area contributed by atoms with Crippen molar-refractivity contribution in [2.45, 2.75) is 19.5 Å². The Bertz CT molecular complexity index is 982. The SMILES string of the molecule is O=C(Nc1cccc(CNC(=O)N2CCc3ccccc3C2)c1)c1ccco1. The number of hydrogen-bond acceptors (Lipinski definition) is 3. The van der Waals surface area contributed by atoms with Gasteiger partial charge in [-0.15, -0.1) is 0 Å². The number of nitrogens with one attached hydrogen (secondary N) is 2. The van der Waals surface area contributed by atoms with Crippen LogP contribution in [0.15, 0.2) is 71.3 Å². The fourth-order valence-corrected chi connectivity index (χ4v) is 3.32. The van der Waals surface area contributed by atoms with Crippen molar-refractivity contribution in [1.82, 2.24) is 10.2 Å². The lowest BCUT2D eigenvalue weighted by molar-refractivity contribution is 0.0996. The molecule has 0 saturated carbocycles. The zero-order valence-corrected chi connectivity index (χ0v) is 15.4. The Morgan fingerprint density at radius 3 is 2.68 bits per heavy atom. The number of hydrogen-bond donors (Lipinski definition) is 2. The van der Waals surface area contributed by atoms with Crippen molar-refractivity contribution in [3.63, 3.8) is 0 Å². The second kappa shape index (κ2) is 8.00. The first-order chi connectivity index (χ1) is 13.7. The molecule has 142 valence electrons.